The highest BCUT2D eigenvalue weighted by Crippen LogP contribution is 2.15. The Bertz CT molecular complexity index is 511. The van der Waals surface area contributed by atoms with Gasteiger partial charge in [-0.2, -0.15) is 0 Å². The lowest BCUT2D eigenvalue weighted by Gasteiger charge is -1.99. The minimum absolute atomic E-state index is 0.105. The number of nitro groups is 1. The molecule has 0 saturated carbocycles. The topological polar surface area (TPSA) is 123 Å². The van der Waals surface area contributed by atoms with Crippen molar-refractivity contribution >= 4 is 23.5 Å². The van der Waals surface area contributed by atoms with Crippen molar-refractivity contribution < 1.29 is 19.2 Å². The summed E-state index contributed by atoms with van der Waals surface area (Å²) in [7, 11) is 0. The van der Waals surface area contributed by atoms with Crippen molar-refractivity contribution in [3.05, 3.63) is 34.4 Å². The maximum Gasteiger partial charge on any atom is 0.452 e. The number of azo groups is 1. The summed E-state index contributed by atoms with van der Waals surface area (Å²) in [5, 5.41) is 18.7. The monoisotopic (exact) mass is 266 g/mol. The van der Waals surface area contributed by atoms with Crippen molar-refractivity contribution in [3.8, 4) is 0 Å². The summed E-state index contributed by atoms with van der Waals surface area (Å²) < 4.78 is 4.43. The van der Waals surface area contributed by atoms with Crippen molar-refractivity contribution in [2.75, 3.05) is 11.9 Å². The average Bonchev–Trinajstić information content (AvgIpc) is 2.37. The van der Waals surface area contributed by atoms with Crippen LogP contribution >= 0.6 is 0 Å². The lowest BCUT2D eigenvalue weighted by molar-refractivity contribution is -0.384. The summed E-state index contributed by atoms with van der Waals surface area (Å²) in [5.74, 6) is 0. The first-order valence-electron chi connectivity index (χ1n) is 5.17. The fraction of sp³-hybridized carbons (Fsp3) is 0.200. The van der Waals surface area contributed by atoms with E-state index >= 15 is 0 Å². The van der Waals surface area contributed by atoms with Gasteiger partial charge in [0.2, 0.25) is 0 Å². The molecule has 0 aliphatic heterocycles. The molecule has 9 nitrogen and oxygen atoms in total. The molecule has 0 aliphatic rings. The highest BCUT2D eigenvalue weighted by Gasteiger charge is 2.06. The van der Waals surface area contributed by atoms with Gasteiger partial charge in [0.25, 0.3) is 5.69 Å². The van der Waals surface area contributed by atoms with E-state index in [4.69, 9.17) is 0 Å². The van der Waals surface area contributed by atoms with Gasteiger partial charge >= 0.3 is 12.1 Å². The molecule has 1 aromatic carbocycles. The van der Waals surface area contributed by atoms with Gasteiger partial charge in [-0.3, -0.25) is 10.1 Å². The van der Waals surface area contributed by atoms with E-state index in [0.717, 1.165) is 0 Å². The maximum absolute atomic E-state index is 11.2. The Kier molecular flexibility index (Phi) is 5.08. The molecule has 0 saturated heterocycles. The lowest BCUT2D eigenvalue weighted by atomic mass is 10.3. The number of hydrogen-bond donors (Lipinski definition) is 1. The Morgan fingerprint density at radius 1 is 1.32 bits per heavy atom. The number of anilines is 1. The second-order valence-electron chi connectivity index (χ2n) is 3.13. The molecule has 0 bridgehead atoms. The van der Waals surface area contributed by atoms with Crippen LogP contribution in [-0.2, 0) is 4.74 Å². The molecule has 0 atom stereocenters. The molecule has 1 aromatic rings. The molecule has 0 spiro atoms. The summed E-state index contributed by atoms with van der Waals surface area (Å²) in [6.45, 7) is 1.71. The molecule has 0 radical (unpaired) electrons. The van der Waals surface area contributed by atoms with Crippen LogP contribution in [0.2, 0.25) is 0 Å². The smallest absolute Gasteiger partial charge is 0.447 e. The Morgan fingerprint density at radius 3 is 2.47 bits per heavy atom. The van der Waals surface area contributed by atoms with Gasteiger partial charge in [-0.05, 0) is 19.1 Å². The maximum atomic E-state index is 11.2. The van der Waals surface area contributed by atoms with E-state index < -0.39 is 17.0 Å². The van der Waals surface area contributed by atoms with Gasteiger partial charge in [-0.15, -0.1) is 0 Å². The quantitative estimate of drug-likeness (QED) is 0.511. The predicted molar refractivity (Wildman–Crippen MR) is 64.0 cm³/mol. The van der Waals surface area contributed by atoms with Gasteiger partial charge in [0, 0.05) is 17.8 Å². The predicted octanol–water partition coefficient (Wildman–Crippen LogP) is 2.74. The molecule has 3 amide bonds. The van der Waals surface area contributed by atoms with Gasteiger partial charge in [-0.25, -0.2) is 9.59 Å². The third-order valence-electron chi connectivity index (χ3n) is 1.82. The summed E-state index contributed by atoms with van der Waals surface area (Å²) in [6, 6.07) is 4.21. The molecule has 19 heavy (non-hydrogen) atoms. The lowest BCUT2D eigenvalue weighted by Crippen LogP contribution is -2.06. The molecule has 0 unspecified atom stereocenters. The Hall–Kier alpha value is -2.84. The fourth-order valence-electron chi connectivity index (χ4n) is 1.05. The Morgan fingerprint density at radius 2 is 1.95 bits per heavy atom. The zero-order chi connectivity index (χ0) is 14.3. The highest BCUT2D eigenvalue weighted by molar-refractivity contribution is 5.90. The average molecular weight is 266 g/mol. The largest absolute Gasteiger partial charge is 0.452 e. The number of carbonyl (C=O) groups excluding carboxylic acids is 2. The molecule has 0 aromatic heterocycles. The van der Waals surface area contributed by atoms with E-state index in [1.807, 2.05) is 0 Å². The van der Waals surface area contributed by atoms with E-state index in [2.05, 4.69) is 20.3 Å². The summed E-state index contributed by atoms with van der Waals surface area (Å²) in [5.41, 5.74) is 0.185. The summed E-state index contributed by atoms with van der Waals surface area (Å²) in [6.07, 6.45) is -0.971. The number of carbonyl (C=O) groups is 2. The van der Waals surface area contributed by atoms with Crippen LogP contribution in [0.3, 0.4) is 0 Å². The fourth-order valence-corrected chi connectivity index (χ4v) is 1.05. The number of benzene rings is 1. The van der Waals surface area contributed by atoms with E-state index in [1.165, 1.54) is 24.3 Å². The van der Waals surface area contributed by atoms with Crippen LogP contribution in [0.4, 0.5) is 21.0 Å². The molecule has 1 N–H and O–H groups in total. The summed E-state index contributed by atoms with van der Waals surface area (Å²) >= 11 is 0. The number of rotatable bonds is 3. The van der Waals surface area contributed by atoms with Gasteiger partial charge in [-0.1, -0.05) is 10.2 Å². The minimum atomic E-state index is -0.971. The molecule has 9 heteroatoms. The molecule has 0 fully saturated rings. The second-order valence-corrected chi connectivity index (χ2v) is 3.13. The first-order valence-corrected chi connectivity index (χ1v) is 5.17. The van der Waals surface area contributed by atoms with E-state index in [9.17, 15) is 19.7 Å². The molecular weight excluding hydrogens is 256 g/mol. The van der Waals surface area contributed by atoms with Gasteiger partial charge in [0.1, 0.15) is 0 Å². The third kappa shape index (κ3) is 4.89. The number of amides is 3. The minimum Gasteiger partial charge on any atom is -0.447 e. The van der Waals surface area contributed by atoms with Crippen molar-refractivity contribution in [1.29, 1.82) is 0 Å². The van der Waals surface area contributed by atoms with Crippen LogP contribution in [0.25, 0.3) is 0 Å². The van der Waals surface area contributed by atoms with E-state index in [-0.39, 0.29) is 12.3 Å². The van der Waals surface area contributed by atoms with Crippen LogP contribution in [0, 0.1) is 10.1 Å². The summed E-state index contributed by atoms with van der Waals surface area (Å²) in [4.78, 5) is 31.9. The number of non-ortho nitro benzene ring substituents is 1. The van der Waals surface area contributed by atoms with Crippen molar-refractivity contribution in [3.63, 3.8) is 0 Å². The van der Waals surface area contributed by atoms with Gasteiger partial charge in [0.05, 0.1) is 11.5 Å². The zero-order valence-corrected chi connectivity index (χ0v) is 9.90. The van der Waals surface area contributed by atoms with Crippen LogP contribution < -0.4 is 5.32 Å². The second kappa shape index (κ2) is 6.79. The Labute approximate surface area is 107 Å². The SMILES string of the molecule is CCOC(=O)/N=N/C(=O)Nc1ccc([N+](=O)[O-])cc1. The Balaban J connectivity index is 2.57. The van der Waals surface area contributed by atoms with Crippen LogP contribution in [0.1, 0.15) is 6.92 Å². The van der Waals surface area contributed by atoms with Crippen LogP contribution in [-0.4, -0.2) is 23.7 Å². The van der Waals surface area contributed by atoms with Crippen molar-refractivity contribution in [1.82, 2.24) is 0 Å². The molecule has 1 rings (SSSR count). The number of nitro benzene ring substituents is 1. The molecule has 100 valence electrons. The van der Waals surface area contributed by atoms with Crippen molar-refractivity contribution in [2.45, 2.75) is 6.92 Å². The first-order chi connectivity index (χ1) is 9.02. The number of urea groups is 1. The van der Waals surface area contributed by atoms with Crippen LogP contribution in [0.5, 0.6) is 0 Å². The number of hydrogen-bond acceptors (Lipinski definition) is 5. The van der Waals surface area contributed by atoms with Gasteiger partial charge < -0.3 is 10.1 Å². The van der Waals surface area contributed by atoms with E-state index in [0.29, 0.717) is 5.69 Å². The molecule has 0 aliphatic carbocycles. The van der Waals surface area contributed by atoms with Crippen molar-refractivity contribution in [2.24, 2.45) is 10.2 Å². The number of nitrogens with one attached hydrogen (secondary N) is 1. The van der Waals surface area contributed by atoms with Gasteiger partial charge in [0.15, 0.2) is 0 Å². The van der Waals surface area contributed by atoms with E-state index in [1.54, 1.807) is 6.92 Å². The molecular formula is C10H10N4O5. The highest BCUT2D eigenvalue weighted by atomic mass is 16.6. The zero-order valence-electron chi connectivity index (χ0n) is 9.90. The normalized spacial score (nSPS) is 10.2. The standard InChI is InChI=1S/C10H10N4O5/c1-2-19-10(16)13-12-9(15)11-7-3-5-8(6-4-7)14(17)18/h3-6H,2H2,1H3,(H,11,15)/b13-12+. The number of nitrogens with zero attached hydrogens (tertiary/aromatic N) is 3. The molecule has 0 heterocycles. The first kappa shape index (κ1) is 14.2. The van der Waals surface area contributed by atoms with Crippen LogP contribution in [0.15, 0.2) is 34.5 Å². The number of ether oxygens (including phenoxy) is 1. The third-order valence-corrected chi connectivity index (χ3v) is 1.82.